The van der Waals surface area contributed by atoms with Gasteiger partial charge < -0.3 is 4.90 Å². The molecule has 1 atom stereocenters. The molecule has 100 valence electrons. The van der Waals surface area contributed by atoms with Crippen molar-refractivity contribution in [2.45, 2.75) is 32.2 Å². The third-order valence-electron chi connectivity index (χ3n) is 3.95. The normalized spacial score (nSPS) is 19.8. The summed E-state index contributed by atoms with van der Waals surface area (Å²) in [6.45, 7) is 9.13. The topological polar surface area (TPSA) is 6.48 Å². The van der Waals surface area contributed by atoms with Gasteiger partial charge in [0.2, 0.25) is 0 Å². The predicted molar refractivity (Wildman–Crippen MR) is 79.5 cm³/mol. The van der Waals surface area contributed by atoms with Crippen LogP contribution < -0.4 is 4.90 Å². The van der Waals surface area contributed by atoms with Crippen LogP contribution >= 0.6 is 11.6 Å². The van der Waals surface area contributed by atoms with Crippen LogP contribution in [-0.2, 0) is 5.88 Å². The van der Waals surface area contributed by atoms with E-state index < -0.39 is 0 Å². The zero-order chi connectivity index (χ0) is 13.0. The summed E-state index contributed by atoms with van der Waals surface area (Å²) in [4.78, 5) is 5.05. The molecule has 1 aromatic carbocycles. The molecule has 18 heavy (non-hydrogen) atoms. The van der Waals surface area contributed by atoms with E-state index in [9.17, 15) is 0 Å². The van der Waals surface area contributed by atoms with E-state index in [0.717, 1.165) is 19.6 Å². The maximum Gasteiger partial charge on any atom is 0.0474 e. The quantitative estimate of drug-likeness (QED) is 0.754. The van der Waals surface area contributed by atoms with Crippen LogP contribution in [0.3, 0.4) is 0 Å². The van der Waals surface area contributed by atoms with Gasteiger partial charge in [0.1, 0.15) is 0 Å². The molecule has 0 bridgehead atoms. The van der Waals surface area contributed by atoms with Gasteiger partial charge in [0.05, 0.1) is 0 Å². The maximum absolute atomic E-state index is 5.82. The monoisotopic (exact) mass is 266 g/mol. The molecule has 1 aliphatic rings. The molecule has 0 aromatic heterocycles. The van der Waals surface area contributed by atoms with Gasteiger partial charge in [-0.1, -0.05) is 26.0 Å². The summed E-state index contributed by atoms with van der Waals surface area (Å²) in [5.41, 5.74) is 2.53. The van der Waals surface area contributed by atoms with Gasteiger partial charge >= 0.3 is 0 Å². The number of anilines is 1. The largest absolute Gasteiger partial charge is 0.370 e. The van der Waals surface area contributed by atoms with Gasteiger partial charge in [-0.2, -0.15) is 0 Å². The van der Waals surface area contributed by atoms with Gasteiger partial charge in [-0.3, -0.25) is 4.90 Å². The van der Waals surface area contributed by atoms with Crippen molar-refractivity contribution in [3.05, 3.63) is 29.8 Å². The molecule has 0 radical (unpaired) electrons. The molecule has 3 heteroatoms. The van der Waals surface area contributed by atoms with Crippen LogP contribution in [0.15, 0.2) is 24.3 Å². The minimum Gasteiger partial charge on any atom is -0.370 e. The van der Waals surface area contributed by atoms with Crippen LogP contribution in [-0.4, -0.2) is 37.1 Å². The Labute approximate surface area is 116 Å². The molecule has 1 fully saturated rings. The van der Waals surface area contributed by atoms with Gasteiger partial charge in [-0.15, -0.1) is 11.6 Å². The van der Waals surface area contributed by atoms with E-state index in [0.29, 0.717) is 11.9 Å². The summed E-state index contributed by atoms with van der Waals surface area (Å²) in [5.74, 6) is 0.600. The fraction of sp³-hybridized carbons (Fsp3) is 0.600. The highest BCUT2D eigenvalue weighted by atomic mass is 35.5. The second-order valence-corrected chi connectivity index (χ2v) is 5.18. The van der Waals surface area contributed by atoms with E-state index in [1.54, 1.807) is 0 Å². The van der Waals surface area contributed by atoms with Crippen molar-refractivity contribution in [3.8, 4) is 0 Å². The highest BCUT2D eigenvalue weighted by molar-refractivity contribution is 6.17. The Bertz CT molecular complexity index is 359. The van der Waals surface area contributed by atoms with Crippen molar-refractivity contribution in [1.82, 2.24) is 4.90 Å². The summed E-state index contributed by atoms with van der Waals surface area (Å²) in [6, 6.07) is 9.37. The van der Waals surface area contributed by atoms with E-state index in [2.05, 4.69) is 47.9 Å². The number of rotatable bonds is 5. The molecule has 0 spiro atoms. The van der Waals surface area contributed by atoms with E-state index in [4.69, 9.17) is 11.6 Å². The maximum atomic E-state index is 5.82. The van der Waals surface area contributed by atoms with Crippen molar-refractivity contribution < 1.29 is 0 Å². The number of halogens is 1. The first kappa shape index (κ1) is 13.7. The first-order valence-corrected chi connectivity index (χ1v) is 7.45. The number of alkyl halides is 1. The smallest absolute Gasteiger partial charge is 0.0474 e. The highest BCUT2D eigenvalue weighted by Gasteiger charge is 2.26. The Morgan fingerprint density at radius 3 is 2.44 bits per heavy atom. The molecule has 1 aromatic rings. The lowest BCUT2D eigenvalue weighted by Crippen LogP contribution is -2.37. The lowest BCUT2D eigenvalue weighted by molar-refractivity contribution is 0.232. The molecule has 1 aliphatic heterocycles. The molecule has 1 saturated heterocycles. The average Bonchev–Trinajstić information content (AvgIpc) is 2.90. The molecule has 1 heterocycles. The molecule has 2 rings (SSSR count). The molecule has 0 amide bonds. The summed E-state index contributed by atoms with van der Waals surface area (Å²) < 4.78 is 0. The van der Waals surface area contributed by atoms with E-state index in [1.165, 1.54) is 24.2 Å². The molecule has 2 nitrogen and oxygen atoms in total. The molecule has 0 saturated carbocycles. The first-order chi connectivity index (χ1) is 8.78. The second kappa shape index (κ2) is 6.44. The fourth-order valence-electron chi connectivity index (χ4n) is 2.81. The van der Waals surface area contributed by atoms with E-state index in [1.807, 2.05) is 0 Å². The Morgan fingerprint density at radius 2 is 1.89 bits per heavy atom. The van der Waals surface area contributed by atoms with Crippen LogP contribution in [0, 0.1) is 0 Å². The highest BCUT2D eigenvalue weighted by Crippen LogP contribution is 2.23. The Hall–Kier alpha value is -0.730. The number of hydrogen-bond donors (Lipinski definition) is 0. The summed E-state index contributed by atoms with van der Waals surface area (Å²) >= 11 is 5.82. The number of likely N-dealkylation sites (N-methyl/N-ethyl adjacent to an activating group) is 1. The van der Waals surface area contributed by atoms with Crippen molar-refractivity contribution in [3.63, 3.8) is 0 Å². The Balaban J connectivity index is 1.99. The molecule has 0 aliphatic carbocycles. The Kier molecular flexibility index (Phi) is 4.90. The minimum atomic E-state index is 0.600. The van der Waals surface area contributed by atoms with Crippen molar-refractivity contribution >= 4 is 17.3 Å². The fourth-order valence-corrected chi connectivity index (χ4v) is 2.99. The minimum absolute atomic E-state index is 0.600. The van der Waals surface area contributed by atoms with Crippen molar-refractivity contribution in [1.29, 1.82) is 0 Å². The number of nitrogens with zero attached hydrogens (tertiary/aromatic N) is 2. The standard InChI is InChI=1S/C15H23ClN2/c1-3-17(4-2)15-9-10-18(12-15)14-7-5-13(11-16)6-8-14/h5-8,15H,3-4,9-12H2,1-2H3. The lowest BCUT2D eigenvalue weighted by atomic mass is 10.2. The van der Waals surface area contributed by atoms with Crippen molar-refractivity contribution in [2.24, 2.45) is 0 Å². The van der Waals surface area contributed by atoms with E-state index >= 15 is 0 Å². The average molecular weight is 267 g/mol. The van der Waals surface area contributed by atoms with Crippen LogP contribution in [0.2, 0.25) is 0 Å². The van der Waals surface area contributed by atoms with Gasteiger partial charge in [-0.05, 0) is 37.2 Å². The van der Waals surface area contributed by atoms with Gasteiger partial charge in [0.15, 0.2) is 0 Å². The van der Waals surface area contributed by atoms with Crippen LogP contribution in [0.4, 0.5) is 5.69 Å². The number of hydrogen-bond acceptors (Lipinski definition) is 2. The van der Waals surface area contributed by atoms with Gasteiger partial charge in [0, 0.05) is 30.7 Å². The van der Waals surface area contributed by atoms with Gasteiger partial charge in [-0.25, -0.2) is 0 Å². The second-order valence-electron chi connectivity index (χ2n) is 4.91. The SMILES string of the molecule is CCN(CC)C1CCN(c2ccc(CCl)cc2)C1. The zero-order valence-electron chi connectivity index (χ0n) is 11.4. The zero-order valence-corrected chi connectivity index (χ0v) is 12.2. The van der Waals surface area contributed by atoms with Crippen LogP contribution in [0.5, 0.6) is 0 Å². The summed E-state index contributed by atoms with van der Waals surface area (Å²) in [5, 5.41) is 0. The van der Waals surface area contributed by atoms with Crippen LogP contribution in [0.25, 0.3) is 0 Å². The molecule has 0 N–H and O–H groups in total. The molecular weight excluding hydrogens is 244 g/mol. The predicted octanol–water partition coefficient (Wildman–Crippen LogP) is 3.35. The Morgan fingerprint density at radius 1 is 1.22 bits per heavy atom. The molecular formula is C15H23ClN2. The van der Waals surface area contributed by atoms with Gasteiger partial charge in [0.25, 0.3) is 0 Å². The third kappa shape index (κ3) is 2.99. The van der Waals surface area contributed by atoms with Crippen LogP contribution in [0.1, 0.15) is 25.8 Å². The number of benzene rings is 1. The van der Waals surface area contributed by atoms with Crippen molar-refractivity contribution in [2.75, 3.05) is 31.1 Å². The summed E-state index contributed by atoms with van der Waals surface area (Å²) in [6.07, 6.45) is 1.28. The molecule has 1 unspecified atom stereocenters. The third-order valence-corrected chi connectivity index (χ3v) is 4.26. The van der Waals surface area contributed by atoms with E-state index in [-0.39, 0.29) is 0 Å². The lowest BCUT2D eigenvalue weighted by Gasteiger charge is -2.26. The summed E-state index contributed by atoms with van der Waals surface area (Å²) in [7, 11) is 0. The first-order valence-electron chi connectivity index (χ1n) is 6.92.